The topological polar surface area (TPSA) is 54.5 Å². The van der Waals surface area contributed by atoms with Gasteiger partial charge in [0.05, 0.1) is 5.69 Å². The fourth-order valence-corrected chi connectivity index (χ4v) is 3.26. The Kier molecular flexibility index (Phi) is 3.85. The van der Waals surface area contributed by atoms with Gasteiger partial charge < -0.3 is 15.0 Å². The second kappa shape index (κ2) is 5.54. The number of ether oxygens (including phenoxy) is 1. The molecule has 1 aromatic rings. The number of rotatable bonds is 3. The van der Waals surface area contributed by atoms with Crippen LogP contribution in [0.3, 0.4) is 0 Å². The van der Waals surface area contributed by atoms with E-state index >= 15 is 0 Å². The Morgan fingerprint density at radius 2 is 2.05 bits per heavy atom. The highest BCUT2D eigenvalue weighted by Crippen LogP contribution is 2.46. The number of pyridine rings is 1. The molecule has 1 aliphatic carbocycles. The highest BCUT2D eigenvalue weighted by Gasteiger charge is 2.57. The van der Waals surface area contributed by atoms with Crippen molar-refractivity contribution in [3.05, 3.63) is 30.1 Å². The van der Waals surface area contributed by atoms with Gasteiger partial charge in [0.2, 0.25) is 0 Å². The minimum atomic E-state index is -0.422. The van der Waals surface area contributed by atoms with Crippen molar-refractivity contribution in [2.75, 3.05) is 13.1 Å². The van der Waals surface area contributed by atoms with E-state index in [1.807, 2.05) is 50.1 Å². The Morgan fingerprint density at radius 3 is 2.59 bits per heavy atom. The second-order valence-corrected chi connectivity index (χ2v) is 7.38. The highest BCUT2D eigenvalue weighted by atomic mass is 16.6. The minimum Gasteiger partial charge on any atom is -0.444 e. The number of amides is 1. The largest absolute Gasteiger partial charge is 0.444 e. The number of likely N-dealkylation sites (tertiary alicyclic amines) is 1. The van der Waals surface area contributed by atoms with E-state index in [1.54, 1.807) is 0 Å². The number of piperidine rings is 1. The fourth-order valence-electron chi connectivity index (χ4n) is 3.26. The van der Waals surface area contributed by atoms with Crippen molar-refractivity contribution < 1.29 is 9.53 Å². The van der Waals surface area contributed by atoms with Crippen molar-refractivity contribution in [3.63, 3.8) is 0 Å². The van der Waals surface area contributed by atoms with E-state index in [9.17, 15) is 4.79 Å². The van der Waals surface area contributed by atoms with Gasteiger partial charge >= 0.3 is 6.09 Å². The molecule has 1 saturated heterocycles. The molecule has 5 heteroatoms. The lowest BCUT2D eigenvalue weighted by atomic mass is 10.2. The summed E-state index contributed by atoms with van der Waals surface area (Å²) in [5, 5.41) is 3.64. The smallest absolute Gasteiger partial charge is 0.410 e. The maximum atomic E-state index is 12.1. The lowest BCUT2D eigenvalue weighted by molar-refractivity contribution is 0.0268. The molecule has 0 bridgehead atoms. The van der Waals surface area contributed by atoms with E-state index in [0.29, 0.717) is 17.9 Å². The van der Waals surface area contributed by atoms with Gasteiger partial charge in [0.25, 0.3) is 0 Å². The predicted octanol–water partition coefficient (Wildman–Crippen LogP) is 2.60. The van der Waals surface area contributed by atoms with Crippen LogP contribution in [0.1, 0.15) is 39.4 Å². The summed E-state index contributed by atoms with van der Waals surface area (Å²) < 4.78 is 5.43. The molecule has 22 heavy (non-hydrogen) atoms. The van der Waals surface area contributed by atoms with Crippen LogP contribution < -0.4 is 5.32 Å². The number of hydrogen-bond donors (Lipinski definition) is 1. The van der Waals surface area contributed by atoms with Crippen molar-refractivity contribution in [2.45, 2.75) is 45.4 Å². The number of aromatic nitrogens is 1. The van der Waals surface area contributed by atoms with Gasteiger partial charge in [-0.1, -0.05) is 6.07 Å². The third kappa shape index (κ3) is 3.24. The molecule has 1 aliphatic heterocycles. The Hall–Kier alpha value is -1.62. The summed E-state index contributed by atoms with van der Waals surface area (Å²) in [7, 11) is 0. The van der Waals surface area contributed by atoms with Crippen LogP contribution in [0.4, 0.5) is 4.79 Å². The number of fused-ring (bicyclic) bond motifs is 1. The van der Waals surface area contributed by atoms with Crippen LogP contribution in [0.2, 0.25) is 0 Å². The molecule has 2 heterocycles. The zero-order valence-electron chi connectivity index (χ0n) is 13.7. The summed E-state index contributed by atoms with van der Waals surface area (Å²) in [6.07, 6.45) is 1.64. The van der Waals surface area contributed by atoms with Crippen LogP contribution in [0.25, 0.3) is 0 Å². The van der Waals surface area contributed by atoms with Crippen molar-refractivity contribution in [3.8, 4) is 0 Å². The van der Waals surface area contributed by atoms with E-state index in [2.05, 4.69) is 17.2 Å². The first-order valence-electron chi connectivity index (χ1n) is 8.00. The Balaban J connectivity index is 1.48. The quantitative estimate of drug-likeness (QED) is 0.932. The van der Waals surface area contributed by atoms with Gasteiger partial charge in [-0.3, -0.25) is 4.98 Å². The second-order valence-electron chi connectivity index (χ2n) is 7.38. The van der Waals surface area contributed by atoms with E-state index in [-0.39, 0.29) is 12.1 Å². The molecule has 2 fully saturated rings. The number of nitrogens with zero attached hydrogens (tertiary/aromatic N) is 2. The maximum Gasteiger partial charge on any atom is 0.410 e. The summed E-state index contributed by atoms with van der Waals surface area (Å²) in [5.74, 6) is 1.11. The summed E-state index contributed by atoms with van der Waals surface area (Å²) >= 11 is 0. The van der Waals surface area contributed by atoms with Crippen molar-refractivity contribution in [2.24, 2.45) is 11.8 Å². The monoisotopic (exact) mass is 303 g/mol. The molecule has 3 rings (SSSR count). The standard InChI is InChI=1S/C17H25N3O2/c1-11(14-7-5-6-8-18-14)19-15-12-9-20(10-13(12)15)16(21)22-17(2,3)4/h5-8,11-13,15,19H,9-10H2,1-4H3. The van der Waals surface area contributed by atoms with Crippen LogP contribution in [-0.4, -0.2) is 40.7 Å². The molecule has 0 aromatic carbocycles. The first-order chi connectivity index (χ1) is 10.3. The van der Waals surface area contributed by atoms with Crippen LogP contribution in [0.15, 0.2) is 24.4 Å². The summed E-state index contributed by atoms with van der Waals surface area (Å²) in [4.78, 5) is 18.3. The number of carbonyl (C=O) groups is 1. The summed E-state index contributed by atoms with van der Waals surface area (Å²) in [5.41, 5.74) is 0.645. The SMILES string of the molecule is CC(NC1C2CN(C(=O)OC(C)(C)C)CC21)c1ccccn1. The van der Waals surface area contributed by atoms with Gasteiger partial charge in [-0.25, -0.2) is 4.79 Å². The molecule has 120 valence electrons. The summed E-state index contributed by atoms with van der Waals surface area (Å²) in [6.45, 7) is 9.45. The zero-order valence-corrected chi connectivity index (χ0v) is 13.7. The Labute approximate surface area is 132 Å². The van der Waals surface area contributed by atoms with Crippen molar-refractivity contribution in [1.82, 2.24) is 15.2 Å². The molecule has 0 radical (unpaired) electrons. The lowest BCUT2D eigenvalue weighted by Crippen LogP contribution is -2.39. The predicted molar refractivity (Wildman–Crippen MR) is 84.4 cm³/mol. The van der Waals surface area contributed by atoms with E-state index in [0.717, 1.165) is 18.8 Å². The molecule has 1 aromatic heterocycles. The third-order valence-corrected chi connectivity index (χ3v) is 4.42. The molecule has 3 atom stereocenters. The molecule has 1 saturated carbocycles. The molecular weight excluding hydrogens is 278 g/mol. The fraction of sp³-hybridized carbons (Fsp3) is 0.647. The van der Waals surface area contributed by atoms with E-state index in [1.165, 1.54) is 0 Å². The summed E-state index contributed by atoms with van der Waals surface area (Å²) in [6, 6.07) is 6.73. The van der Waals surface area contributed by atoms with E-state index < -0.39 is 5.60 Å². The average molecular weight is 303 g/mol. The number of carbonyl (C=O) groups excluding carboxylic acids is 1. The van der Waals surface area contributed by atoms with Crippen LogP contribution in [-0.2, 0) is 4.74 Å². The normalized spacial score (nSPS) is 28.2. The molecule has 2 aliphatic rings. The molecule has 0 spiro atoms. The van der Waals surface area contributed by atoms with Crippen molar-refractivity contribution >= 4 is 6.09 Å². The van der Waals surface area contributed by atoms with Gasteiger partial charge in [-0.2, -0.15) is 0 Å². The lowest BCUT2D eigenvalue weighted by Gasteiger charge is -2.26. The Morgan fingerprint density at radius 1 is 1.36 bits per heavy atom. The van der Waals surface area contributed by atoms with Gasteiger partial charge in [-0.05, 0) is 51.7 Å². The van der Waals surface area contributed by atoms with Crippen LogP contribution in [0, 0.1) is 11.8 Å². The van der Waals surface area contributed by atoms with Crippen molar-refractivity contribution in [1.29, 1.82) is 0 Å². The first-order valence-corrected chi connectivity index (χ1v) is 8.00. The third-order valence-electron chi connectivity index (χ3n) is 4.42. The first kappa shape index (κ1) is 15.3. The highest BCUT2D eigenvalue weighted by molar-refractivity contribution is 5.69. The molecule has 1 N–H and O–H groups in total. The van der Waals surface area contributed by atoms with Gasteiger partial charge in [0.1, 0.15) is 5.60 Å². The molecular formula is C17H25N3O2. The average Bonchev–Trinajstić information content (AvgIpc) is 2.90. The number of hydrogen-bond acceptors (Lipinski definition) is 4. The van der Waals surface area contributed by atoms with Gasteiger partial charge in [0.15, 0.2) is 0 Å². The Bertz CT molecular complexity index is 529. The van der Waals surface area contributed by atoms with Crippen LogP contribution in [0.5, 0.6) is 0 Å². The van der Waals surface area contributed by atoms with E-state index in [4.69, 9.17) is 4.74 Å². The molecule has 5 nitrogen and oxygen atoms in total. The maximum absolute atomic E-state index is 12.1. The number of nitrogens with one attached hydrogen (secondary N) is 1. The zero-order chi connectivity index (χ0) is 15.9. The van der Waals surface area contributed by atoms with Gasteiger partial charge in [-0.15, -0.1) is 0 Å². The van der Waals surface area contributed by atoms with Crippen LogP contribution >= 0.6 is 0 Å². The molecule has 3 unspecified atom stereocenters. The molecule has 1 amide bonds. The minimum absolute atomic E-state index is 0.184. The van der Waals surface area contributed by atoms with Gasteiger partial charge in [0, 0.05) is 31.4 Å².